The van der Waals surface area contributed by atoms with Crippen LogP contribution in [0.5, 0.6) is 0 Å². The van der Waals surface area contributed by atoms with Crippen LogP contribution in [0.3, 0.4) is 0 Å². The first-order valence-electron chi connectivity index (χ1n) is 6.16. The van der Waals surface area contributed by atoms with Crippen LogP contribution < -0.4 is 4.90 Å². The molecule has 0 aromatic carbocycles. The van der Waals surface area contributed by atoms with E-state index >= 15 is 0 Å². The molecule has 2 fully saturated rings. The maximum absolute atomic E-state index is 11.2. The molecule has 17 heavy (non-hydrogen) atoms. The average molecular weight is 252 g/mol. The Balaban J connectivity index is 1.87. The second kappa shape index (κ2) is 3.98. The number of thiazole rings is 1. The smallest absolute Gasteiger partial charge is 0.308 e. The molecule has 0 spiro atoms. The maximum atomic E-state index is 11.2. The first kappa shape index (κ1) is 11.0. The van der Waals surface area contributed by atoms with Crippen LogP contribution in [-0.2, 0) is 11.2 Å². The number of hydrogen-bond donors (Lipinski definition) is 1. The van der Waals surface area contributed by atoms with Crippen molar-refractivity contribution in [1.82, 2.24) is 4.98 Å². The Hall–Kier alpha value is -1.10. The van der Waals surface area contributed by atoms with Gasteiger partial charge in [-0.1, -0.05) is 6.92 Å². The summed E-state index contributed by atoms with van der Waals surface area (Å²) in [4.78, 5) is 18.0. The summed E-state index contributed by atoms with van der Waals surface area (Å²) in [7, 11) is 0. The zero-order chi connectivity index (χ0) is 12.0. The van der Waals surface area contributed by atoms with E-state index in [2.05, 4.69) is 22.2 Å². The monoisotopic (exact) mass is 252 g/mol. The number of rotatable bonds is 3. The summed E-state index contributed by atoms with van der Waals surface area (Å²) in [5.74, 6) is -0.836. The van der Waals surface area contributed by atoms with E-state index in [1.165, 1.54) is 0 Å². The molecule has 4 nitrogen and oxygen atoms in total. The first-order valence-corrected chi connectivity index (χ1v) is 7.04. The molecule has 1 aromatic rings. The Morgan fingerprint density at radius 3 is 3.06 bits per heavy atom. The van der Waals surface area contributed by atoms with E-state index in [1.807, 2.05) is 0 Å². The zero-order valence-corrected chi connectivity index (χ0v) is 10.6. The van der Waals surface area contributed by atoms with Crippen molar-refractivity contribution in [2.75, 3.05) is 4.90 Å². The molecular formula is C12H16N2O2S. The molecule has 3 unspecified atom stereocenters. The zero-order valence-electron chi connectivity index (χ0n) is 9.80. The van der Waals surface area contributed by atoms with E-state index < -0.39 is 5.97 Å². The highest BCUT2D eigenvalue weighted by Gasteiger charge is 2.50. The lowest BCUT2D eigenvalue weighted by molar-refractivity contribution is -0.142. The number of fused-ring (bicyclic) bond motifs is 2. The molecule has 0 aliphatic carbocycles. The molecule has 2 aliphatic heterocycles. The number of hydrogen-bond acceptors (Lipinski definition) is 4. The lowest BCUT2D eigenvalue weighted by atomic mass is 9.89. The van der Waals surface area contributed by atoms with E-state index in [1.54, 1.807) is 11.3 Å². The van der Waals surface area contributed by atoms with Gasteiger partial charge in [-0.2, -0.15) is 0 Å². The summed E-state index contributed by atoms with van der Waals surface area (Å²) in [6, 6.07) is 0.574. The highest BCUT2D eigenvalue weighted by Crippen LogP contribution is 2.45. The molecule has 3 atom stereocenters. The first-order chi connectivity index (χ1) is 8.20. The van der Waals surface area contributed by atoms with Gasteiger partial charge in [0.05, 0.1) is 11.6 Å². The van der Waals surface area contributed by atoms with Crippen LogP contribution in [0, 0.1) is 5.92 Å². The number of carbonyl (C=O) groups is 1. The average Bonchev–Trinajstić information content (AvgIpc) is 3.00. The Kier molecular flexibility index (Phi) is 2.58. The third-order valence-electron chi connectivity index (χ3n) is 3.98. The van der Waals surface area contributed by atoms with Gasteiger partial charge in [0, 0.05) is 17.5 Å². The number of aliphatic carboxylic acids is 1. The topological polar surface area (TPSA) is 53.4 Å². The molecule has 5 heteroatoms. The van der Waals surface area contributed by atoms with Crippen LogP contribution in [0.2, 0.25) is 0 Å². The van der Waals surface area contributed by atoms with Crippen molar-refractivity contribution >= 4 is 22.4 Å². The molecule has 92 valence electrons. The minimum absolute atomic E-state index is 0.174. The van der Waals surface area contributed by atoms with Gasteiger partial charge in [-0.05, 0) is 25.7 Å². The van der Waals surface area contributed by atoms with Crippen LogP contribution >= 0.6 is 11.3 Å². The molecule has 0 amide bonds. The highest BCUT2D eigenvalue weighted by atomic mass is 32.1. The van der Waals surface area contributed by atoms with Crippen molar-refractivity contribution in [2.45, 2.75) is 44.7 Å². The minimum Gasteiger partial charge on any atom is -0.481 e. The normalized spacial score (nSPS) is 31.1. The van der Waals surface area contributed by atoms with Crippen LogP contribution in [0.1, 0.15) is 31.9 Å². The second-order valence-corrected chi connectivity index (χ2v) is 5.70. The Bertz CT molecular complexity index is 445. The number of anilines is 1. The molecular weight excluding hydrogens is 236 g/mol. The van der Waals surface area contributed by atoms with E-state index in [-0.39, 0.29) is 12.0 Å². The fourth-order valence-corrected chi connectivity index (χ4v) is 4.17. The fourth-order valence-electron chi connectivity index (χ4n) is 3.13. The maximum Gasteiger partial charge on any atom is 0.308 e. The van der Waals surface area contributed by atoms with E-state index in [0.717, 1.165) is 36.5 Å². The van der Waals surface area contributed by atoms with Crippen molar-refractivity contribution < 1.29 is 9.90 Å². The van der Waals surface area contributed by atoms with Crippen LogP contribution in [0.15, 0.2) is 5.38 Å². The summed E-state index contributed by atoms with van der Waals surface area (Å²) in [6.07, 6.45) is 3.86. The highest BCUT2D eigenvalue weighted by molar-refractivity contribution is 7.13. The van der Waals surface area contributed by atoms with Gasteiger partial charge in [0.15, 0.2) is 5.13 Å². The summed E-state index contributed by atoms with van der Waals surface area (Å²) in [5.41, 5.74) is 1.11. The van der Waals surface area contributed by atoms with Gasteiger partial charge in [-0.3, -0.25) is 4.79 Å². The molecule has 3 rings (SSSR count). The third-order valence-corrected chi connectivity index (χ3v) is 4.88. The van der Waals surface area contributed by atoms with Gasteiger partial charge in [-0.15, -0.1) is 11.3 Å². The lowest BCUT2D eigenvalue weighted by Gasteiger charge is -2.21. The minimum atomic E-state index is -0.644. The molecule has 2 bridgehead atoms. The Morgan fingerprint density at radius 2 is 2.47 bits per heavy atom. The summed E-state index contributed by atoms with van der Waals surface area (Å²) < 4.78 is 0. The van der Waals surface area contributed by atoms with E-state index in [4.69, 9.17) is 0 Å². The lowest BCUT2D eigenvalue weighted by Crippen LogP contribution is -2.32. The van der Waals surface area contributed by atoms with Gasteiger partial charge in [0.25, 0.3) is 0 Å². The Labute approximate surface area is 104 Å². The predicted molar refractivity (Wildman–Crippen MR) is 66.5 cm³/mol. The molecule has 3 heterocycles. The molecule has 1 N–H and O–H groups in total. The summed E-state index contributed by atoms with van der Waals surface area (Å²) in [6.45, 7) is 2.09. The van der Waals surface area contributed by atoms with Gasteiger partial charge >= 0.3 is 5.97 Å². The largest absolute Gasteiger partial charge is 0.481 e. The quantitative estimate of drug-likeness (QED) is 0.895. The van der Waals surface area contributed by atoms with Gasteiger partial charge < -0.3 is 10.0 Å². The van der Waals surface area contributed by atoms with Crippen LogP contribution in [-0.4, -0.2) is 28.1 Å². The molecule has 0 saturated carbocycles. The fraction of sp³-hybridized carbons (Fsp3) is 0.667. The number of nitrogens with zero attached hydrogens (tertiary/aromatic N) is 2. The summed E-state index contributed by atoms with van der Waals surface area (Å²) >= 11 is 1.65. The van der Waals surface area contributed by atoms with Gasteiger partial charge in [-0.25, -0.2) is 4.98 Å². The summed E-state index contributed by atoms with van der Waals surface area (Å²) in [5, 5.41) is 12.3. The number of carboxylic acid groups (broad SMARTS) is 1. The molecule has 2 aliphatic rings. The van der Waals surface area contributed by atoms with Gasteiger partial charge in [0.1, 0.15) is 0 Å². The molecule has 2 saturated heterocycles. The van der Waals surface area contributed by atoms with Crippen molar-refractivity contribution in [3.63, 3.8) is 0 Å². The van der Waals surface area contributed by atoms with Crippen molar-refractivity contribution in [2.24, 2.45) is 5.92 Å². The van der Waals surface area contributed by atoms with Crippen molar-refractivity contribution in [1.29, 1.82) is 0 Å². The molecule has 0 radical (unpaired) electrons. The van der Waals surface area contributed by atoms with Crippen LogP contribution in [0.25, 0.3) is 0 Å². The number of aromatic nitrogens is 1. The van der Waals surface area contributed by atoms with Crippen molar-refractivity contribution in [3.8, 4) is 0 Å². The Morgan fingerprint density at radius 1 is 1.65 bits per heavy atom. The number of carboxylic acids is 1. The number of aryl methyl sites for hydroxylation is 1. The van der Waals surface area contributed by atoms with Gasteiger partial charge in [0.2, 0.25) is 0 Å². The van der Waals surface area contributed by atoms with E-state index in [9.17, 15) is 9.90 Å². The standard InChI is InChI=1S/C12H16N2O2S/c1-2-7-6-17-12(13-7)14-8-3-4-10(14)9(5-8)11(15)16/h6,8-10H,2-5H2,1H3,(H,15,16). The van der Waals surface area contributed by atoms with E-state index in [0.29, 0.717) is 6.04 Å². The van der Waals surface area contributed by atoms with Crippen LogP contribution in [0.4, 0.5) is 5.13 Å². The second-order valence-electron chi connectivity index (χ2n) is 4.86. The SMILES string of the molecule is CCc1csc(N2C3CCC2C(C(=O)O)C3)n1. The van der Waals surface area contributed by atoms with Crippen molar-refractivity contribution in [3.05, 3.63) is 11.1 Å². The third kappa shape index (κ3) is 1.64. The predicted octanol–water partition coefficient (Wildman–Crippen LogP) is 2.15. The molecule has 1 aromatic heterocycles.